The molecule has 0 atom stereocenters. The van der Waals surface area contributed by atoms with Gasteiger partial charge in [-0.15, -0.1) is 0 Å². The number of nitriles is 2. The number of nitrogens with one attached hydrogen (secondary N) is 1. The van der Waals surface area contributed by atoms with Gasteiger partial charge in [-0.3, -0.25) is 9.69 Å². The Morgan fingerprint density at radius 1 is 1.40 bits per heavy atom. The molecule has 0 aromatic heterocycles. The van der Waals surface area contributed by atoms with Crippen LogP contribution in [0, 0.1) is 22.7 Å². The first-order valence-electron chi connectivity index (χ1n) is 6.64. The maximum Gasteiger partial charge on any atom is 0.238 e. The van der Waals surface area contributed by atoms with Crippen LogP contribution in [0.15, 0.2) is 24.3 Å². The zero-order chi connectivity index (χ0) is 14.4. The van der Waals surface area contributed by atoms with E-state index in [9.17, 15) is 4.79 Å². The summed E-state index contributed by atoms with van der Waals surface area (Å²) in [6.07, 6.45) is 2.64. The summed E-state index contributed by atoms with van der Waals surface area (Å²) in [7, 11) is 0. The molecule has 5 nitrogen and oxygen atoms in total. The molecule has 2 rings (SSSR count). The Morgan fingerprint density at radius 2 is 2.20 bits per heavy atom. The molecule has 0 saturated heterocycles. The number of hydrogen-bond donors (Lipinski definition) is 1. The minimum atomic E-state index is -0.107. The third kappa shape index (κ3) is 4.08. The summed E-state index contributed by atoms with van der Waals surface area (Å²) < 4.78 is 0. The molecule has 1 amide bonds. The van der Waals surface area contributed by atoms with E-state index in [0.29, 0.717) is 36.8 Å². The lowest BCUT2D eigenvalue weighted by Gasteiger charge is -2.19. The van der Waals surface area contributed by atoms with Crippen LogP contribution in [0.4, 0.5) is 5.69 Å². The SMILES string of the molecule is N#CCCN(CC(=O)Nc1cccc(C#N)c1)C1CC1. The van der Waals surface area contributed by atoms with E-state index in [0.717, 1.165) is 12.8 Å². The molecule has 1 aliphatic rings. The highest BCUT2D eigenvalue weighted by molar-refractivity contribution is 5.92. The molecular formula is C15H16N4O. The average molecular weight is 268 g/mol. The van der Waals surface area contributed by atoms with E-state index in [1.165, 1.54) is 0 Å². The maximum atomic E-state index is 12.0. The van der Waals surface area contributed by atoms with Crippen molar-refractivity contribution in [2.24, 2.45) is 0 Å². The van der Waals surface area contributed by atoms with Gasteiger partial charge in [-0.1, -0.05) is 6.07 Å². The molecule has 1 aromatic rings. The predicted octanol–water partition coefficient (Wildman–Crippen LogP) is 1.87. The van der Waals surface area contributed by atoms with E-state index in [1.807, 2.05) is 11.0 Å². The van der Waals surface area contributed by atoms with Gasteiger partial charge in [-0.05, 0) is 31.0 Å². The minimum Gasteiger partial charge on any atom is -0.325 e. The van der Waals surface area contributed by atoms with Gasteiger partial charge in [0.2, 0.25) is 5.91 Å². The number of rotatable bonds is 6. The van der Waals surface area contributed by atoms with Gasteiger partial charge in [0, 0.05) is 24.7 Å². The van der Waals surface area contributed by atoms with E-state index in [-0.39, 0.29) is 5.91 Å². The predicted molar refractivity (Wildman–Crippen MR) is 74.6 cm³/mol. The number of anilines is 1. The van der Waals surface area contributed by atoms with Crippen molar-refractivity contribution in [1.29, 1.82) is 10.5 Å². The number of nitrogens with zero attached hydrogens (tertiary/aromatic N) is 3. The standard InChI is InChI=1S/C15H16N4O/c16-7-2-8-19(14-5-6-14)11-15(20)18-13-4-1-3-12(9-13)10-17/h1,3-4,9,14H,2,5-6,8,11H2,(H,18,20). The van der Waals surface area contributed by atoms with Crippen LogP contribution in [0.1, 0.15) is 24.8 Å². The van der Waals surface area contributed by atoms with E-state index in [4.69, 9.17) is 10.5 Å². The molecule has 1 fully saturated rings. The summed E-state index contributed by atoms with van der Waals surface area (Å²) in [5.41, 5.74) is 1.15. The summed E-state index contributed by atoms with van der Waals surface area (Å²) in [6.45, 7) is 0.927. The molecule has 20 heavy (non-hydrogen) atoms. The lowest BCUT2D eigenvalue weighted by atomic mass is 10.2. The van der Waals surface area contributed by atoms with Crippen LogP contribution in [-0.4, -0.2) is 29.9 Å². The van der Waals surface area contributed by atoms with Crippen LogP contribution >= 0.6 is 0 Å². The zero-order valence-electron chi connectivity index (χ0n) is 11.2. The first-order chi connectivity index (χ1) is 9.72. The highest BCUT2D eigenvalue weighted by Gasteiger charge is 2.29. The first kappa shape index (κ1) is 14.0. The van der Waals surface area contributed by atoms with Crippen molar-refractivity contribution in [2.75, 3.05) is 18.4 Å². The Labute approximate surface area is 118 Å². The van der Waals surface area contributed by atoms with Crippen LogP contribution in [-0.2, 0) is 4.79 Å². The van der Waals surface area contributed by atoms with Crippen LogP contribution in [0.2, 0.25) is 0 Å². The fraction of sp³-hybridized carbons (Fsp3) is 0.400. The van der Waals surface area contributed by atoms with Crippen molar-refractivity contribution in [3.63, 3.8) is 0 Å². The second-order valence-electron chi connectivity index (χ2n) is 4.85. The van der Waals surface area contributed by atoms with Gasteiger partial charge in [0.05, 0.1) is 24.2 Å². The van der Waals surface area contributed by atoms with Gasteiger partial charge in [0.1, 0.15) is 0 Å². The molecule has 0 spiro atoms. The summed E-state index contributed by atoms with van der Waals surface area (Å²) in [4.78, 5) is 14.0. The molecule has 0 heterocycles. The van der Waals surface area contributed by atoms with Gasteiger partial charge in [-0.25, -0.2) is 0 Å². The third-order valence-electron chi connectivity index (χ3n) is 3.20. The zero-order valence-corrected chi connectivity index (χ0v) is 11.2. The van der Waals surface area contributed by atoms with E-state index in [1.54, 1.807) is 24.3 Å². The van der Waals surface area contributed by atoms with Crippen molar-refractivity contribution in [3.05, 3.63) is 29.8 Å². The van der Waals surface area contributed by atoms with Crippen molar-refractivity contribution in [1.82, 2.24) is 4.90 Å². The number of hydrogen-bond acceptors (Lipinski definition) is 4. The summed E-state index contributed by atoms with van der Waals surface area (Å²) in [5.74, 6) is -0.107. The highest BCUT2D eigenvalue weighted by Crippen LogP contribution is 2.26. The number of carbonyl (C=O) groups is 1. The lowest BCUT2D eigenvalue weighted by molar-refractivity contribution is -0.117. The number of benzene rings is 1. The minimum absolute atomic E-state index is 0.107. The van der Waals surface area contributed by atoms with Crippen LogP contribution < -0.4 is 5.32 Å². The molecule has 0 aliphatic heterocycles. The highest BCUT2D eigenvalue weighted by atomic mass is 16.2. The smallest absolute Gasteiger partial charge is 0.238 e. The molecule has 1 saturated carbocycles. The largest absolute Gasteiger partial charge is 0.325 e. The van der Waals surface area contributed by atoms with Crippen molar-refractivity contribution in [3.8, 4) is 12.1 Å². The van der Waals surface area contributed by atoms with Gasteiger partial charge in [0.15, 0.2) is 0 Å². The lowest BCUT2D eigenvalue weighted by Crippen LogP contribution is -2.35. The monoisotopic (exact) mass is 268 g/mol. The molecule has 0 radical (unpaired) electrons. The topological polar surface area (TPSA) is 79.9 Å². The van der Waals surface area contributed by atoms with Gasteiger partial charge >= 0.3 is 0 Å². The van der Waals surface area contributed by atoms with E-state index in [2.05, 4.69) is 11.4 Å². The molecule has 0 unspecified atom stereocenters. The second kappa shape index (κ2) is 6.70. The molecule has 5 heteroatoms. The van der Waals surface area contributed by atoms with Gasteiger partial charge < -0.3 is 5.32 Å². The second-order valence-corrected chi connectivity index (χ2v) is 4.85. The van der Waals surface area contributed by atoms with Crippen molar-refractivity contribution in [2.45, 2.75) is 25.3 Å². The van der Waals surface area contributed by atoms with Gasteiger partial charge in [0.25, 0.3) is 0 Å². The third-order valence-corrected chi connectivity index (χ3v) is 3.20. The Hall–Kier alpha value is -2.37. The Kier molecular flexibility index (Phi) is 4.70. The first-order valence-corrected chi connectivity index (χ1v) is 6.64. The summed E-state index contributed by atoms with van der Waals surface area (Å²) >= 11 is 0. The quantitative estimate of drug-likeness (QED) is 0.854. The van der Waals surface area contributed by atoms with Crippen molar-refractivity contribution >= 4 is 11.6 Å². The molecular weight excluding hydrogens is 252 g/mol. The molecule has 1 aliphatic carbocycles. The Balaban J connectivity index is 1.90. The fourth-order valence-corrected chi connectivity index (χ4v) is 2.08. The van der Waals surface area contributed by atoms with Crippen LogP contribution in [0.5, 0.6) is 0 Å². The maximum absolute atomic E-state index is 12.0. The van der Waals surface area contributed by atoms with Gasteiger partial charge in [-0.2, -0.15) is 10.5 Å². The molecule has 0 bridgehead atoms. The normalized spacial score (nSPS) is 13.6. The number of amides is 1. The summed E-state index contributed by atoms with van der Waals surface area (Å²) in [5, 5.41) is 20.2. The fourth-order valence-electron chi connectivity index (χ4n) is 2.08. The Morgan fingerprint density at radius 3 is 2.85 bits per heavy atom. The van der Waals surface area contributed by atoms with E-state index < -0.39 is 0 Å². The van der Waals surface area contributed by atoms with E-state index >= 15 is 0 Å². The molecule has 102 valence electrons. The summed E-state index contributed by atoms with van der Waals surface area (Å²) in [6, 6.07) is 11.4. The molecule has 1 aromatic carbocycles. The van der Waals surface area contributed by atoms with Crippen molar-refractivity contribution < 1.29 is 4.79 Å². The Bertz CT molecular complexity index is 566. The average Bonchev–Trinajstić information content (AvgIpc) is 3.28. The van der Waals surface area contributed by atoms with Crippen LogP contribution in [0.25, 0.3) is 0 Å². The molecule has 1 N–H and O–H groups in total. The number of carbonyl (C=O) groups excluding carboxylic acids is 1. The van der Waals surface area contributed by atoms with Crippen LogP contribution in [0.3, 0.4) is 0 Å².